The second kappa shape index (κ2) is 7.33. The van der Waals surface area contributed by atoms with Gasteiger partial charge >= 0.3 is 0 Å². The van der Waals surface area contributed by atoms with Crippen LogP contribution in [0.4, 0.5) is 0 Å². The van der Waals surface area contributed by atoms with Gasteiger partial charge < -0.3 is 0 Å². The van der Waals surface area contributed by atoms with Crippen molar-refractivity contribution in [2.75, 3.05) is 12.5 Å². The zero-order chi connectivity index (χ0) is 15.2. The van der Waals surface area contributed by atoms with E-state index < -0.39 is 0 Å². The molecule has 0 aliphatic rings. The van der Waals surface area contributed by atoms with Gasteiger partial charge in [-0.1, -0.05) is 42.5 Å². The first-order valence-electron chi connectivity index (χ1n) is 6.29. The molecule has 2 aromatic carbocycles. The minimum absolute atomic E-state index is 0.102. The minimum Gasteiger partial charge on any atom is -0.258 e. The van der Waals surface area contributed by atoms with Crippen molar-refractivity contribution in [2.45, 2.75) is 0 Å². The molecular formula is C16H15NO2S2. The highest BCUT2D eigenvalue weighted by Crippen LogP contribution is 2.27. The SMILES string of the molecule is CSC(=C/C(=C\c1cccc2ccccc12)[N+](=O)[O-])SC. The molecule has 0 atom stereocenters. The Bertz CT molecular complexity index is 712. The first-order chi connectivity index (χ1) is 10.2. The summed E-state index contributed by atoms with van der Waals surface area (Å²) in [6.07, 6.45) is 7.08. The maximum atomic E-state index is 11.3. The molecule has 0 saturated heterocycles. The number of benzene rings is 2. The zero-order valence-electron chi connectivity index (χ0n) is 11.8. The van der Waals surface area contributed by atoms with Crippen molar-refractivity contribution in [3.63, 3.8) is 0 Å². The monoisotopic (exact) mass is 317 g/mol. The molecule has 108 valence electrons. The van der Waals surface area contributed by atoms with Crippen LogP contribution in [0.3, 0.4) is 0 Å². The minimum atomic E-state index is -0.339. The van der Waals surface area contributed by atoms with Crippen molar-refractivity contribution < 1.29 is 4.92 Å². The van der Waals surface area contributed by atoms with Crippen molar-refractivity contribution in [2.24, 2.45) is 0 Å². The first-order valence-corrected chi connectivity index (χ1v) is 8.74. The Kier molecular flexibility index (Phi) is 5.47. The van der Waals surface area contributed by atoms with E-state index in [4.69, 9.17) is 0 Å². The van der Waals surface area contributed by atoms with Gasteiger partial charge in [0.25, 0.3) is 5.70 Å². The van der Waals surface area contributed by atoms with E-state index in [-0.39, 0.29) is 10.6 Å². The van der Waals surface area contributed by atoms with E-state index in [1.807, 2.05) is 55.0 Å². The lowest BCUT2D eigenvalue weighted by atomic mass is 10.0. The van der Waals surface area contributed by atoms with Crippen molar-refractivity contribution in [1.82, 2.24) is 0 Å². The Morgan fingerprint density at radius 2 is 1.76 bits per heavy atom. The standard InChI is InChI=1S/C16H15NO2S2/c1-20-16(21-2)11-14(17(18)19)10-13-8-5-7-12-6-3-4-9-15(12)13/h3-11H,1-2H3/b14-10+. The van der Waals surface area contributed by atoms with E-state index in [0.29, 0.717) is 0 Å². The normalized spacial score (nSPS) is 11.4. The third-order valence-electron chi connectivity index (χ3n) is 3.01. The molecule has 21 heavy (non-hydrogen) atoms. The molecule has 0 radical (unpaired) electrons. The number of allylic oxidation sites excluding steroid dienone is 1. The number of hydrogen-bond donors (Lipinski definition) is 0. The molecule has 0 heterocycles. The molecule has 0 amide bonds. The molecule has 0 aliphatic carbocycles. The van der Waals surface area contributed by atoms with Gasteiger partial charge in [0, 0.05) is 16.4 Å². The predicted octanol–water partition coefficient (Wildman–Crippen LogP) is 5.02. The number of fused-ring (bicyclic) bond motifs is 1. The maximum Gasteiger partial charge on any atom is 0.271 e. The lowest BCUT2D eigenvalue weighted by Gasteiger charge is -2.02. The summed E-state index contributed by atoms with van der Waals surface area (Å²) in [5, 5.41) is 13.4. The van der Waals surface area contributed by atoms with Crippen LogP contribution in [0, 0.1) is 10.1 Å². The maximum absolute atomic E-state index is 11.3. The highest BCUT2D eigenvalue weighted by Gasteiger charge is 2.10. The fourth-order valence-corrected chi connectivity index (χ4v) is 3.15. The van der Waals surface area contributed by atoms with Crippen LogP contribution in [-0.4, -0.2) is 17.4 Å². The summed E-state index contributed by atoms with van der Waals surface area (Å²) in [7, 11) is 0. The second-order valence-corrected chi connectivity index (χ2v) is 6.22. The molecule has 0 saturated carbocycles. The number of thioether (sulfide) groups is 2. The topological polar surface area (TPSA) is 43.1 Å². The van der Waals surface area contributed by atoms with Crippen LogP contribution < -0.4 is 0 Å². The van der Waals surface area contributed by atoms with E-state index in [0.717, 1.165) is 20.6 Å². The predicted molar refractivity (Wildman–Crippen MR) is 94.0 cm³/mol. The molecular weight excluding hydrogens is 302 g/mol. The first kappa shape index (κ1) is 15.7. The van der Waals surface area contributed by atoms with E-state index in [1.54, 1.807) is 12.2 Å². The Morgan fingerprint density at radius 3 is 2.43 bits per heavy atom. The molecule has 0 aromatic heterocycles. The lowest BCUT2D eigenvalue weighted by molar-refractivity contribution is -0.417. The summed E-state index contributed by atoms with van der Waals surface area (Å²) in [5.41, 5.74) is 0.961. The molecule has 0 spiro atoms. The van der Waals surface area contributed by atoms with Crippen LogP contribution in [0.15, 0.2) is 58.5 Å². The van der Waals surface area contributed by atoms with Crippen LogP contribution in [-0.2, 0) is 0 Å². The molecule has 0 unspecified atom stereocenters. The fourth-order valence-electron chi connectivity index (χ4n) is 2.00. The molecule has 5 heteroatoms. The summed E-state index contributed by atoms with van der Waals surface area (Å²) in [6, 6.07) is 13.7. The van der Waals surface area contributed by atoms with Gasteiger partial charge in [-0.15, -0.1) is 23.5 Å². The average Bonchev–Trinajstić information content (AvgIpc) is 2.51. The van der Waals surface area contributed by atoms with E-state index in [1.165, 1.54) is 23.5 Å². The van der Waals surface area contributed by atoms with Crippen LogP contribution in [0.1, 0.15) is 5.56 Å². The van der Waals surface area contributed by atoms with E-state index >= 15 is 0 Å². The van der Waals surface area contributed by atoms with Gasteiger partial charge in [0.2, 0.25) is 0 Å². The number of nitrogens with zero attached hydrogens (tertiary/aromatic N) is 1. The smallest absolute Gasteiger partial charge is 0.258 e. The molecule has 0 N–H and O–H groups in total. The van der Waals surface area contributed by atoms with Gasteiger partial charge in [0.15, 0.2) is 0 Å². The van der Waals surface area contributed by atoms with Crippen molar-refractivity contribution >= 4 is 40.4 Å². The van der Waals surface area contributed by atoms with Gasteiger partial charge in [-0.3, -0.25) is 10.1 Å². The van der Waals surface area contributed by atoms with Crippen LogP contribution in [0.25, 0.3) is 16.8 Å². The summed E-state index contributed by atoms with van der Waals surface area (Å²) in [5.74, 6) is 0. The second-order valence-electron chi connectivity index (χ2n) is 4.27. The molecule has 0 aliphatic heterocycles. The van der Waals surface area contributed by atoms with Gasteiger partial charge in [0.1, 0.15) is 0 Å². The third-order valence-corrected chi connectivity index (χ3v) is 5.05. The van der Waals surface area contributed by atoms with Crippen LogP contribution in [0.5, 0.6) is 0 Å². The molecule has 2 rings (SSSR count). The number of hydrogen-bond acceptors (Lipinski definition) is 4. The molecule has 3 nitrogen and oxygen atoms in total. The Morgan fingerprint density at radius 1 is 1.10 bits per heavy atom. The van der Waals surface area contributed by atoms with Crippen molar-refractivity contribution in [3.8, 4) is 0 Å². The summed E-state index contributed by atoms with van der Waals surface area (Å²) < 4.78 is 0.915. The van der Waals surface area contributed by atoms with E-state index in [2.05, 4.69) is 0 Å². The number of nitro groups is 1. The van der Waals surface area contributed by atoms with Gasteiger partial charge in [-0.2, -0.15) is 0 Å². The Hall–Kier alpha value is -1.72. The fraction of sp³-hybridized carbons (Fsp3) is 0.125. The summed E-state index contributed by atoms with van der Waals surface area (Å²) in [6.45, 7) is 0. The quantitative estimate of drug-likeness (QED) is 0.441. The summed E-state index contributed by atoms with van der Waals surface area (Å²) >= 11 is 3.02. The Labute approximate surface area is 132 Å². The third kappa shape index (κ3) is 3.89. The van der Waals surface area contributed by atoms with Crippen LogP contribution in [0.2, 0.25) is 0 Å². The molecule has 0 fully saturated rings. The van der Waals surface area contributed by atoms with Gasteiger partial charge in [-0.25, -0.2) is 0 Å². The highest BCUT2D eigenvalue weighted by atomic mass is 32.2. The van der Waals surface area contributed by atoms with E-state index in [9.17, 15) is 10.1 Å². The molecule has 0 bridgehead atoms. The number of rotatable bonds is 5. The summed E-state index contributed by atoms with van der Waals surface area (Å²) in [4.78, 5) is 10.9. The largest absolute Gasteiger partial charge is 0.271 e. The zero-order valence-corrected chi connectivity index (χ0v) is 13.4. The van der Waals surface area contributed by atoms with Crippen molar-refractivity contribution in [3.05, 3.63) is 74.2 Å². The Balaban J connectivity index is 2.56. The van der Waals surface area contributed by atoms with Gasteiger partial charge in [-0.05, 0) is 28.8 Å². The highest BCUT2D eigenvalue weighted by molar-refractivity contribution is 8.21. The van der Waals surface area contributed by atoms with Crippen LogP contribution >= 0.6 is 23.5 Å². The molecule has 2 aromatic rings. The average molecular weight is 317 g/mol. The lowest BCUT2D eigenvalue weighted by Crippen LogP contribution is -1.96. The van der Waals surface area contributed by atoms with Crippen molar-refractivity contribution in [1.29, 1.82) is 0 Å². The van der Waals surface area contributed by atoms with Gasteiger partial charge in [0.05, 0.1) is 4.92 Å².